The van der Waals surface area contributed by atoms with Crippen LogP contribution in [0.1, 0.15) is 0 Å². The lowest BCUT2D eigenvalue weighted by Gasteiger charge is -2.12. The molecule has 2 aromatic heterocycles. The third-order valence-electron chi connectivity index (χ3n) is 9.60. The fourth-order valence-corrected chi connectivity index (χ4v) is 7.29. The molecular formula is C45H28N4. The summed E-state index contributed by atoms with van der Waals surface area (Å²) in [5, 5.41) is 10.0. The number of benzene rings is 8. The van der Waals surface area contributed by atoms with E-state index in [4.69, 9.17) is 15.0 Å². The number of fused-ring (bicyclic) bond motifs is 8. The van der Waals surface area contributed by atoms with Gasteiger partial charge in [-0.3, -0.25) is 0 Å². The van der Waals surface area contributed by atoms with E-state index in [2.05, 4.69) is 114 Å². The lowest BCUT2D eigenvalue weighted by Crippen LogP contribution is -2.01. The highest BCUT2D eigenvalue weighted by molar-refractivity contribution is 6.22. The summed E-state index contributed by atoms with van der Waals surface area (Å²) in [6, 6.07) is 59.9. The summed E-state index contributed by atoms with van der Waals surface area (Å²) in [5.41, 5.74) is 6.21. The first-order valence-electron chi connectivity index (χ1n) is 16.5. The number of aromatic nitrogens is 4. The van der Waals surface area contributed by atoms with Crippen LogP contribution in [0.25, 0.3) is 94.0 Å². The molecule has 2 heterocycles. The molecule has 0 aliphatic heterocycles. The molecule has 0 bridgehead atoms. The van der Waals surface area contributed by atoms with E-state index >= 15 is 0 Å². The number of hydrogen-bond donors (Lipinski definition) is 0. The third kappa shape index (κ3) is 4.49. The second-order valence-electron chi connectivity index (χ2n) is 12.5. The highest BCUT2D eigenvalue weighted by Crippen LogP contribution is 2.39. The quantitative estimate of drug-likeness (QED) is 0.183. The Bertz CT molecular complexity index is 2820. The molecule has 10 aromatic rings. The standard InChI is InChI=1S/C45H28N4/c1-3-13-30(14-4-1)43-46-44(31-15-5-2-6-16-31)48-45(47-43)33-17-11-18-34(26-33)49-41-21-10-9-20-38(41)40-28-39-32(27-42(40)49)23-25-36-35-19-8-7-12-29(35)22-24-37(36)39/h1-28H. The minimum Gasteiger partial charge on any atom is -0.309 e. The zero-order valence-corrected chi connectivity index (χ0v) is 26.5. The molecule has 4 heteroatoms. The Morgan fingerprint density at radius 1 is 0.306 bits per heavy atom. The van der Waals surface area contributed by atoms with Gasteiger partial charge in [0.15, 0.2) is 17.5 Å². The van der Waals surface area contributed by atoms with Crippen LogP contribution in [-0.4, -0.2) is 19.5 Å². The maximum Gasteiger partial charge on any atom is 0.164 e. The Balaban J connectivity index is 1.19. The van der Waals surface area contributed by atoms with Crippen LogP contribution in [0.3, 0.4) is 0 Å². The normalized spacial score (nSPS) is 11.7. The van der Waals surface area contributed by atoms with Gasteiger partial charge in [-0.2, -0.15) is 0 Å². The van der Waals surface area contributed by atoms with Crippen molar-refractivity contribution in [2.75, 3.05) is 0 Å². The van der Waals surface area contributed by atoms with Gasteiger partial charge in [0, 0.05) is 33.2 Å². The predicted molar refractivity (Wildman–Crippen MR) is 203 cm³/mol. The Labute approximate surface area is 282 Å². The molecule has 228 valence electrons. The van der Waals surface area contributed by atoms with Gasteiger partial charge in [0.25, 0.3) is 0 Å². The van der Waals surface area contributed by atoms with E-state index in [0.29, 0.717) is 17.5 Å². The number of rotatable bonds is 4. The Hall–Kier alpha value is -6.65. The van der Waals surface area contributed by atoms with E-state index in [1.54, 1.807) is 0 Å². The summed E-state index contributed by atoms with van der Waals surface area (Å²) in [6.07, 6.45) is 0. The van der Waals surface area contributed by atoms with E-state index < -0.39 is 0 Å². The molecule has 0 spiro atoms. The molecule has 0 radical (unpaired) electrons. The van der Waals surface area contributed by atoms with Crippen molar-refractivity contribution < 1.29 is 0 Å². The topological polar surface area (TPSA) is 43.6 Å². The molecule has 0 saturated carbocycles. The first-order valence-corrected chi connectivity index (χ1v) is 16.5. The van der Waals surface area contributed by atoms with Crippen molar-refractivity contribution >= 4 is 54.1 Å². The summed E-state index contributed by atoms with van der Waals surface area (Å²) in [7, 11) is 0. The maximum absolute atomic E-state index is 5.01. The first-order chi connectivity index (χ1) is 24.3. The van der Waals surface area contributed by atoms with E-state index in [1.165, 1.54) is 43.1 Å². The van der Waals surface area contributed by atoms with Crippen molar-refractivity contribution in [3.05, 3.63) is 170 Å². The van der Waals surface area contributed by atoms with Crippen molar-refractivity contribution in [1.82, 2.24) is 19.5 Å². The molecule has 0 aliphatic carbocycles. The summed E-state index contributed by atoms with van der Waals surface area (Å²) >= 11 is 0. The molecule has 0 unspecified atom stereocenters. The molecule has 0 fully saturated rings. The van der Waals surface area contributed by atoms with Gasteiger partial charge in [0.05, 0.1) is 11.0 Å². The first kappa shape index (κ1) is 27.5. The second-order valence-corrected chi connectivity index (χ2v) is 12.5. The van der Waals surface area contributed by atoms with Crippen LogP contribution in [0.2, 0.25) is 0 Å². The molecule has 0 aliphatic rings. The Morgan fingerprint density at radius 2 is 0.878 bits per heavy atom. The van der Waals surface area contributed by atoms with Crippen LogP contribution in [-0.2, 0) is 0 Å². The predicted octanol–water partition coefficient (Wildman–Crippen LogP) is 11.4. The van der Waals surface area contributed by atoms with Crippen molar-refractivity contribution in [2.24, 2.45) is 0 Å². The molecule has 4 nitrogen and oxygen atoms in total. The summed E-state index contributed by atoms with van der Waals surface area (Å²) in [4.78, 5) is 14.9. The van der Waals surface area contributed by atoms with Crippen molar-refractivity contribution in [3.63, 3.8) is 0 Å². The number of nitrogens with zero attached hydrogens (tertiary/aromatic N) is 4. The minimum atomic E-state index is 0.638. The number of para-hydroxylation sites is 1. The summed E-state index contributed by atoms with van der Waals surface area (Å²) in [6.45, 7) is 0. The number of hydrogen-bond acceptors (Lipinski definition) is 3. The average molecular weight is 625 g/mol. The van der Waals surface area contributed by atoms with Crippen LogP contribution in [0, 0.1) is 0 Å². The SMILES string of the molecule is c1ccc(-c2nc(-c3ccccc3)nc(-c3cccc(-n4c5ccccc5c5cc6c(ccc7c8ccccc8ccc67)cc54)c3)n2)cc1. The van der Waals surface area contributed by atoms with Crippen LogP contribution in [0.15, 0.2) is 170 Å². The van der Waals surface area contributed by atoms with Crippen LogP contribution in [0.4, 0.5) is 0 Å². The summed E-state index contributed by atoms with van der Waals surface area (Å²) < 4.78 is 2.37. The largest absolute Gasteiger partial charge is 0.309 e. The molecule has 0 amide bonds. The van der Waals surface area contributed by atoms with Crippen LogP contribution in [0.5, 0.6) is 0 Å². The van der Waals surface area contributed by atoms with Crippen LogP contribution < -0.4 is 0 Å². The van der Waals surface area contributed by atoms with Crippen molar-refractivity contribution in [2.45, 2.75) is 0 Å². The van der Waals surface area contributed by atoms with Gasteiger partial charge >= 0.3 is 0 Å². The highest BCUT2D eigenvalue weighted by atomic mass is 15.0. The van der Waals surface area contributed by atoms with Gasteiger partial charge in [-0.25, -0.2) is 15.0 Å². The average Bonchev–Trinajstić information content (AvgIpc) is 3.50. The molecule has 0 saturated heterocycles. The van der Waals surface area contributed by atoms with E-state index in [1.807, 2.05) is 60.7 Å². The van der Waals surface area contributed by atoms with Gasteiger partial charge < -0.3 is 4.57 Å². The third-order valence-corrected chi connectivity index (χ3v) is 9.60. The minimum absolute atomic E-state index is 0.638. The smallest absolute Gasteiger partial charge is 0.164 e. The molecule has 0 N–H and O–H groups in total. The van der Waals surface area contributed by atoms with Crippen molar-refractivity contribution in [3.8, 4) is 39.9 Å². The van der Waals surface area contributed by atoms with E-state index in [0.717, 1.165) is 33.4 Å². The Kier molecular flexibility index (Phi) is 6.15. The van der Waals surface area contributed by atoms with Gasteiger partial charge in [0.1, 0.15) is 0 Å². The fourth-order valence-electron chi connectivity index (χ4n) is 7.29. The van der Waals surface area contributed by atoms with E-state index in [9.17, 15) is 0 Å². The van der Waals surface area contributed by atoms with Gasteiger partial charge in [-0.05, 0) is 62.6 Å². The fraction of sp³-hybridized carbons (Fsp3) is 0. The zero-order valence-electron chi connectivity index (χ0n) is 26.5. The van der Waals surface area contributed by atoms with E-state index in [-0.39, 0.29) is 0 Å². The zero-order chi connectivity index (χ0) is 32.3. The Morgan fingerprint density at radius 3 is 1.61 bits per heavy atom. The lowest BCUT2D eigenvalue weighted by atomic mass is 9.96. The summed E-state index contributed by atoms with van der Waals surface area (Å²) in [5.74, 6) is 1.94. The molecule has 0 atom stereocenters. The maximum atomic E-state index is 5.01. The molecule has 49 heavy (non-hydrogen) atoms. The molecule has 8 aromatic carbocycles. The van der Waals surface area contributed by atoms with Gasteiger partial charge in [-0.15, -0.1) is 0 Å². The second kappa shape index (κ2) is 11.0. The van der Waals surface area contributed by atoms with Gasteiger partial charge in [-0.1, -0.05) is 140 Å². The highest BCUT2D eigenvalue weighted by Gasteiger charge is 2.17. The van der Waals surface area contributed by atoms with Crippen LogP contribution >= 0.6 is 0 Å². The molecule has 10 rings (SSSR count). The monoisotopic (exact) mass is 624 g/mol. The lowest BCUT2D eigenvalue weighted by molar-refractivity contribution is 1.07. The van der Waals surface area contributed by atoms with Crippen molar-refractivity contribution in [1.29, 1.82) is 0 Å². The van der Waals surface area contributed by atoms with Gasteiger partial charge in [0.2, 0.25) is 0 Å². The molecular weight excluding hydrogens is 597 g/mol.